The molecule has 3 N–H and O–H groups in total. The second-order valence-electron chi connectivity index (χ2n) is 8.27. The van der Waals surface area contributed by atoms with Gasteiger partial charge < -0.3 is 20.7 Å². The Balaban J connectivity index is 1.33. The summed E-state index contributed by atoms with van der Waals surface area (Å²) in [6.45, 7) is 1.33. The zero-order valence-electron chi connectivity index (χ0n) is 19.0. The zero-order chi connectivity index (χ0) is 25.4. The molecule has 8 nitrogen and oxygen atoms in total. The van der Waals surface area contributed by atoms with Gasteiger partial charge in [-0.3, -0.25) is 4.90 Å². The van der Waals surface area contributed by atoms with Crippen molar-refractivity contribution in [1.82, 2.24) is 25.5 Å². The number of carbonyl (C=O) groups is 1. The van der Waals surface area contributed by atoms with Crippen molar-refractivity contribution in [3.63, 3.8) is 0 Å². The van der Waals surface area contributed by atoms with Gasteiger partial charge in [-0.25, -0.2) is 14.8 Å². The van der Waals surface area contributed by atoms with Crippen LogP contribution in [0.5, 0.6) is 5.75 Å². The van der Waals surface area contributed by atoms with Gasteiger partial charge in [0.1, 0.15) is 5.75 Å². The number of aromatic nitrogens is 2. The van der Waals surface area contributed by atoms with Crippen LogP contribution < -0.4 is 20.7 Å². The number of piperidine rings is 1. The Kier molecular flexibility index (Phi) is 9.01. The topological polar surface area (TPSA) is 91.4 Å². The molecule has 0 spiro atoms. The number of carbonyl (C=O) groups excluding carboxylic acids is 1. The molecule has 1 aliphatic heterocycles. The second kappa shape index (κ2) is 12.0. The zero-order valence-corrected chi connectivity index (χ0v) is 19.0. The lowest BCUT2D eigenvalue weighted by Gasteiger charge is -2.32. The molecule has 2 heterocycles. The average molecular weight is 502 g/mol. The van der Waals surface area contributed by atoms with E-state index in [2.05, 4.69) is 35.6 Å². The number of ether oxygens (including phenoxy) is 1. The van der Waals surface area contributed by atoms with Crippen molar-refractivity contribution in [3.8, 4) is 5.75 Å². The molecule has 35 heavy (non-hydrogen) atoms. The van der Waals surface area contributed by atoms with E-state index in [0.717, 1.165) is 31.5 Å². The van der Waals surface area contributed by atoms with E-state index in [-0.39, 0.29) is 36.4 Å². The lowest BCUT2D eigenvalue weighted by Crippen LogP contribution is -2.50. The van der Waals surface area contributed by atoms with Crippen LogP contribution in [0.25, 0.3) is 0 Å². The lowest BCUT2D eigenvalue weighted by atomic mass is 10.0. The van der Waals surface area contributed by atoms with E-state index >= 15 is 0 Å². The lowest BCUT2D eigenvalue weighted by molar-refractivity contribution is -0.138. The summed E-state index contributed by atoms with van der Waals surface area (Å²) in [6, 6.07) is 5.88. The maximum Gasteiger partial charge on any atom is 0.419 e. The number of nitrogens with one attached hydrogen (secondary N) is 3. The summed E-state index contributed by atoms with van der Waals surface area (Å²) in [5.74, 6) is 0.157. The number of amides is 2. The molecule has 1 aromatic carbocycles. The number of hydrogen-bond acceptors (Lipinski definition) is 6. The minimum atomic E-state index is -4.50. The Bertz CT molecular complexity index is 935. The summed E-state index contributed by atoms with van der Waals surface area (Å²) in [5, 5.41) is 8.50. The van der Waals surface area contributed by atoms with Crippen LogP contribution in [0.4, 0.5) is 32.7 Å². The SMILES string of the molecule is C[C@H](CNc1ncc(C(F)(F)F)cn1)NC(=O)NC1CCN(Cc2ccc(OC(F)F)cc2)CC1. The summed E-state index contributed by atoms with van der Waals surface area (Å²) < 4.78 is 66.5. The normalized spacial score (nSPS) is 16.1. The minimum Gasteiger partial charge on any atom is -0.435 e. The van der Waals surface area contributed by atoms with Crippen LogP contribution in [0.1, 0.15) is 30.9 Å². The number of hydrogen-bond donors (Lipinski definition) is 3. The molecule has 3 rings (SSSR count). The fraction of sp³-hybridized carbons (Fsp3) is 0.500. The van der Waals surface area contributed by atoms with Crippen molar-refractivity contribution < 1.29 is 31.5 Å². The summed E-state index contributed by atoms with van der Waals surface area (Å²) in [7, 11) is 0. The van der Waals surface area contributed by atoms with Crippen LogP contribution in [0.3, 0.4) is 0 Å². The van der Waals surface area contributed by atoms with Crippen molar-refractivity contribution in [1.29, 1.82) is 0 Å². The van der Waals surface area contributed by atoms with E-state index < -0.39 is 18.4 Å². The van der Waals surface area contributed by atoms with Crippen LogP contribution in [0, 0.1) is 0 Å². The second-order valence-corrected chi connectivity index (χ2v) is 8.27. The van der Waals surface area contributed by atoms with E-state index in [0.29, 0.717) is 18.9 Å². The molecular formula is C22H27F5N6O2. The summed E-state index contributed by atoms with van der Waals surface area (Å²) in [5.41, 5.74) is 0.0473. The number of urea groups is 1. The van der Waals surface area contributed by atoms with Crippen LogP contribution >= 0.6 is 0 Å². The maximum atomic E-state index is 12.6. The van der Waals surface area contributed by atoms with Gasteiger partial charge in [0.05, 0.1) is 5.56 Å². The first-order chi connectivity index (χ1) is 16.6. The molecule has 1 aliphatic rings. The fourth-order valence-corrected chi connectivity index (χ4v) is 3.58. The molecule has 192 valence electrons. The molecule has 2 amide bonds. The highest BCUT2D eigenvalue weighted by atomic mass is 19.4. The van der Waals surface area contributed by atoms with Crippen LogP contribution in [-0.2, 0) is 12.7 Å². The predicted molar refractivity (Wildman–Crippen MR) is 118 cm³/mol. The molecule has 1 atom stereocenters. The fourth-order valence-electron chi connectivity index (χ4n) is 3.58. The standard InChI is InChI=1S/C22H27F5N6O2/c1-14(10-28-20-29-11-16(12-30-20)22(25,26)27)31-21(34)32-17-6-8-33(9-7-17)13-15-2-4-18(5-3-15)35-19(23)24/h2-5,11-12,14,17,19H,6-10,13H2,1H3,(H,28,29,30)(H2,31,32,34)/t14-/m1/s1. The Morgan fingerprint density at radius 2 is 1.77 bits per heavy atom. The highest BCUT2D eigenvalue weighted by Crippen LogP contribution is 2.28. The van der Waals surface area contributed by atoms with E-state index in [9.17, 15) is 26.7 Å². The van der Waals surface area contributed by atoms with Gasteiger partial charge in [-0.15, -0.1) is 0 Å². The molecule has 0 saturated carbocycles. The van der Waals surface area contributed by atoms with Gasteiger partial charge in [-0.1, -0.05) is 12.1 Å². The Morgan fingerprint density at radius 1 is 1.14 bits per heavy atom. The van der Waals surface area contributed by atoms with Crippen LogP contribution in [0.15, 0.2) is 36.7 Å². The van der Waals surface area contributed by atoms with Gasteiger partial charge in [0.2, 0.25) is 5.95 Å². The molecule has 1 aromatic heterocycles. The van der Waals surface area contributed by atoms with Crippen molar-refractivity contribution in [2.24, 2.45) is 0 Å². The van der Waals surface area contributed by atoms with Crippen LogP contribution in [-0.4, -0.2) is 59.2 Å². The monoisotopic (exact) mass is 502 g/mol. The summed E-state index contributed by atoms with van der Waals surface area (Å²) >= 11 is 0. The number of nitrogens with zero attached hydrogens (tertiary/aromatic N) is 3. The van der Waals surface area contributed by atoms with Gasteiger partial charge in [-0.05, 0) is 37.5 Å². The molecule has 0 radical (unpaired) electrons. The Hall–Kier alpha value is -3.22. The smallest absolute Gasteiger partial charge is 0.419 e. The van der Waals surface area contributed by atoms with Gasteiger partial charge in [-0.2, -0.15) is 22.0 Å². The number of benzene rings is 1. The quantitative estimate of drug-likeness (QED) is 0.451. The number of rotatable bonds is 9. The number of likely N-dealkylation sites (tertiary alicyclic amines) is 1. The van der Waals surface area contributed by atoms with E-state index in [1.54, 1.807) is 19.1 Å². The van der Waals surface area contributed by atoms with Crippen molar-refractivity contribution >= 4 is 12.0 Å². The van der Waals surface area contributed by atoms with Gasteiger partial charge in [0, 0.05) is 50.7 Å². The van der Waals surface area contributed by atoms with Crippen molar-refractivity contribution in [2.75, 3.05) is 25.0 Å². The summed E-state index contributed by atoms with van der Waals surface area (Å²) in [4.78, 5) is 21.8. The van der Waals surface area contributed by atoms with Crippen molar-refractivity contribution in [3.05, 3.63) is 47.8 Å². The molecule has 0 bridgehead atoms. The van der Waals surface area contributed by atoms with E-state index in [1.165, 1.54) is 12.1 Å². The molecule has 0 aliphatic carbocycles. The Morgan fingerprint density at radius 3 is 2.34 bits per heavy atom. The van der Waals surface area contributed by atoms with Crippen LogP contribution in [0.2, 0.25) is 0 Å². The van der Waals surface area contributed by atoms with E-state index in [4.69, 9.17) is 0 Å². The first-order valence-corrected chi connectivity index (χ1v) is 11.0. The highest BCUT2D eigenvalue weighted by molar-refractivity contribution is 5.74. The van der Waals surface area contributed by atoms with Crippen molar-refractivity contribution in [2.45, 2.75) is 51.2 Å². The third kappa shape index (κ3) is 8.81. The molecule has 2 aromatic rings. The predicted octanol–water partition coefficient (Wildman–Crippen LogP) is 3.86. The first kappa shape index (κ1) is 26.4. The third-order valence-corrected chi connectivity index (χ3v) is 5.40. The molecular weight excluding hydrogens is 475 g/mol. The van der Waals surface area contributed by atoms with Gasteiger partial charge in [0.25, 0.3) is 0 Å². The average Bonchev–Trinajstić information content (AvgIpc) is 2.79. The number of halogens is 5. The van der Waals surface area contributed by atoms with Gasteiger partial charge >= 0.3 is 18.8 Å². The largest absolute Gasteiger partial charge is 0.435 e. The summed E-state index contributed by atoms with van der Waals surface area (Å²) in [6.07, 6.45) is -1.59. The molecule has 0 unspecified atom stereocenters. The third-order valence-electron chi connectivity index (χ3n) is 5.40. The highest BCUT2D eigenvalue weighted by Gasteiger charge is 2.31. The number of alkyl halides is 5. The first-order valence-electron chi connectivity index (χ1n) is 11.0. The maximum absolute atomic E-state index is 12.6. The molecule has 1 fully saturated rings. The molecule has 1 saturated heterocycles. The van der Waals surface area contributed by atoms with Gasteiger partial charge in [0.15, 0.2) is 0 Å². The number of anilines is 1. The minimum absolute atomic E-state index is 0.00599. The molecule has 13 heteroatoms. The van der Waals surface area contributed by atoms with E-state index in [1.807, 2.05) is 0 Å². The Labute approximate surface area is 199 Å².